The van der Waals surface area contributed by atoms with Gasteiger partial charge in [0.15, 0.2) is 0 Å². The van der Waals surface area contributed by atoms with E-state index in [2.05, 4.69) is 0 Å². The highest BCUT2D eigenvalue weighted by molar-refractivity contribution is 5.78. The maximum Gasteiger partial charge on any atom is 0.320 e. The monoisotopic (exact) mass is 212 g/mol. The lowest BCUT2D eigenvalue weighted by molar-refractivity contribution is -0.141. The summed E-state index contributed by atoms with van der Waals surface area (Å²) in [5.74, 6) is -1.32. The zero-order valence-corrected chi connectivity index (χ0v) is 8.85. The summed E-state index contributed by atoms with van der Waals surface area (Å²) in [5.41, 5.74) is 0. The van der Waals surface area contributed by atoms with Crippen LogP contribution in [-0.2, 0) is 4.79 Å². The van der Waals surface area contributed by atoms with Gasteiger partial charge in [-0.3, -0.25) is 4.79 Å². The van der Waals surface area contributed by atoms with Crippen molar-refractivity contribution in [1.29, 1.82) is 0 Å². The number of hydrogen-bond acceptors (Lipinski definition) is 2. The lowest BCUT2D eigenvalue weighted by Gasteiger charge is -2.19. The van der Waals surface area contributed by atoms with Gasteiger partial charge in [-0.1, -0.05) is 6.92 Å². The summed E-state index contributed by atoms with van der Waals surface area (Å²) in [6, 6.07) is 0.452. The molecule has 5 heteroatoms. The van der Waals surface area contributed by atoms with Gasteiger partial charge in [0.2, 0.25) is 0 Å². The van der Waals surface area contributed by atoms with E-state index >= 15 is 0 Å². The second-order valence-corrected chi connectivity index (χ2v) is 4.39. The number of aliphatic carboxylic acids is 1. The Balaban J connectivity index is 1.89. The van der Waals surface area contributed by atoms with Crippen LogP contribution in [0.2, 0.25) is 0 Å². The summed E-state index contributed by atoms with van der Waals surface area (Å²) in [6.07, 6.45) is 2.21. The SMILES string of the molecule is CC(CN1CCN(C2CC2)C1=O)C(=O)O. The Labute approximate surface area is 88.6 Å². The van der Waals surface area contributed by atoms with E-state index in [1.807, 2.05) is 4.90 Å². The summed E-state index contributed by atoms with van der Waals surface area (Å²) >= 11 is 0. The molecular weight excluding hydrogens is 196 g/mol. The molecule has 84 valence electrons. The molecule has 2 rings (SSSR count). The van der Waals surface area contributed by atoms with E-state index < -0.39 is 11.9 Å². The van der Waals surface area contributed by atoms with Crippen LogP contribution in [0.1, 0.15) is 19.8 Å². The van der Waals surface area contributed by atoms with Crippen molar-refractivity contribution in [3.05, 3.63) is 0 Å². The molecule has 1 heterocycles. The molecule has 0 radical (unpaired) electrons. The number of amides is 2. The van der Waals surface area contributed by atoms with Crippen molar-refractivity contribution in [3.63, 3.8) is 0 Å². The molecule has 2 fully saturated rings. The van der Waals surface area contributed by atoms with Gasteiger partial charge in [0.25, 0.3) is 0 Å². The van der Waals surface area contributed by atoms with Gasteiger partial charge in [-0.25, -0.2) is 4.79 Å². The van der Waals surface area contributed by atoms with Crippen molar-refractivity contribution in [3.8, 4) is 0 Å². The maximum atomic E-state index is 11.8. The Morgan fingerprint density at radius 2 is 2.20 bits per heavy atom. The molecule has 0 bridgehead atoms. The Morgan fingerprint density at radius 1 is 1.53 bits per heavy atom. The van der Waals surface area contributed by atoms with E-state index in [4.69, 9.17) is 5.11 Å². The number of hydrogen-bond donors (Lipinski definition) is 1. The van der Waals surface area contributed by atoms with Crippen molar-refractivity contribution in [1.82, 2.24) is 9.80 Å². The molecule has 0 spiro atoms. The third kappa shape index (κ3) is 2.06. The lowest BCUT2D eigenvalue weighted by atomic mass is 10.2. The minimum Gasteiger partial charge on any atom is -0.481 e. The number of carbonyl (C=O) groups excluding carboxylic acids is 1. The molecule has 1 N–H and O–H groups in total. The highest BCUT2D eigenvalue weighted by Crippen LogP contribution is 2.29. The average molecular weight is 212 g/mol. The summed E-state index contributed by atoms with van der Waals surface area (Å²) in [7, 11) is 0. The summed E-state index contributed by atoms with van der Waals surface area (Å²) in [4.78, 5) is 26.0. The van der Waals surface area contributed by atoms with Gasteiger partial charge < -0.3 is 14.9 Å². The van der Waals surface area contributed by atoms with E-state index in [1.54, 1.807) is 11.8 Å². The maximum absolute atomic E-state index is 11.8. The first-order valence-electron chi connectivity index (χ1n) is 5.38. The highest BCUT2D eigenvalue weighted by Gasteiger charge is 2.39. The van der Waals surface area contributed by atoms with Crippen LogP contribution in [0, 0.1) is 5.92 Å². The lowest BCUT2D eigenvalue weighted by Crippen LogP contribution is -2.37. The first-order chi connectivity index (χ1) is 7.09. The van der Waals surface area contributed by atoms with Gasteiger partial charge in [0.1, 0.15) is 0 Å². The molecule has 5 nitrogen and oxygen atoms in total. The molecule has 1 aliphatic carbocycles. The molecule has 1 unspecified atom stereocenters. The number of rotatable bonds is 4. The standard InChI is InChI=1S/C10H16N2O3/c1-7(9(13)14)6-11-4-5-12(10(11)15)8-2-3-8/h7-8H,2-6H2,1H3,(H,13,14). The molecular formula is C10H16N2O3. The fourth-order valence-electron chi connectivity index (χ4n) is 1.90. The van der Waals surface area contributed by atoms with Crippen LogP contribution >= 0.6 is 0 Å². The van der Waals surface area contributed by atoms with Gasteiger partial charge in [-0.2, -0.15) is 0 Å². The molecule has 1 atom stereocenters. The van der Waals surface area contributed by atoms with Crippen LogP contribution in [0.5, 0.6) is 0 Å². The van der Waals surface area contributed by atoms with Crippen molar-refractivity contribution < 1.29 is 14.7 Å². The smallest absolute Gasteiger partial charge is 0.320 e. The molecule has 2 amide bonds. The highest BCUT2D eigenvalue weighted by atomic mass is 16.4. The minimum absolute atomic E-state index is 0.0191. The fourth-order valence-corrected chi connectivity index (χ4v) is 1.90. The van der Waals surface area contributed by atoms with Crippen LogP contribution in [0.15, 0.2) is 0 Å². The van der Waals surface area contributed by atoms with E-state index in [9.17, 15) is 9.59 Å². The van der Waals surface area contributed by atoms with Crippen molar-refractivity contribution in [2.24, 2.45) is 5.92 Å². The number of nitrogens with zero attached hydrogens (tertiary/aromatic N) is 2. The third-order valence-electron chi connectivity index (χ3n) is 3.03. The van der Waals surface area contributed by atoms with Crippen LogP contribution in [0.3, 0.4) is 0 Å². The first-order valence-corrected chi connectivity index (χ1v) is 5.38. The van der Waals surface area contributed by atoms with E-state index in [0.29, 0.717) is 19.1 Å². The number of carboxylic acid groups (broad SMARTS) is 1. The second-order valence-electron chi connectivity index (χ2n) is 4.39. The number of carbonyl (C=O) groups is 2. The predicted octanol–water partition coefficient (Wildman–Crippen LogP) is 0.607. The van der Waals surface area contributed by atoms with Gasteiger partial charge in [-0.15, -0.1) is 0 Å². The predicted molar refractivity (Wildman–Crippen MR) is 53.5 cm³/mol. The van der Waals surface area contributed by atoms with Gasteiger partial charge in [0.05, 0.1) is 5.92 Å². The van der Waals surface area contributed by atoms with Crippen molar-refractivity contribution >= 4 is 12.0 Å². The Hall–Kier alpha value is -1.26. The van der Waals surface area contributed by atoms with Crippen molar-refractivity contribution in [2.75, 3.05) is 19.6 Å². The van der Waals surface area contributed by atoms with Gasteiger partial charge >= 0.3 is 12.0 Å². The second kappa shape index (κ2) is 3.72. The van der Waals surface area contributed by atoms with E-state index in [1.165, 1.54) is 0 Å². The molecule has 0 aromatic carbocycles. The topological polar surface area (TPSA) is 60.9 Å². The van der Waals surface area contributed by atoms with Crippen LogP contribution in [-0.4, -0.2) is 52.6 Å². The van der Waals surface area contributed by atoms with Crippen LogP contribution in [0.4, 0.5) is 4.79 Å². The third-order valence-corrected chi connectivity index (χ3v) is 3.03. The minimum atomic E-state index is -0.840. The van der Waals surface area contributed by atoms with Crippen molar-refractivity contribution in [2.45, 2.75) is 25.8 Å². The normalized spacial score (nSPS) is 23.4. The zero-order valence-electron chi connectivity index (χ0n) is 8.85. The molecule has 1 aliphatic heterocycles. The number of carboxylic acids is 1. The van der Waals surface area contributed by atoms with Crippen LogP contribution < -0.4 is 0 Å². The quantitative estimate of drug-likeness (QED) is 0.742. The molecule has 15 heavy (non-hydrogen) atoms. The average Bonchev–Trinajstić information content (AvgIpc) is 2.95. The number of urea groups is 1. The Morgan fingerprint density at radius 3 is 2.73 bits per heavy atom. The largest absolute Gasteiger partial charge is 0.481 e. The molecule has 2 aliphatic rings. The zero-order chi connectivity index (χ0) is 11.0. The molecule has 0 aromatic heterocycles. The fraction of sp³-hybridized carbons (Fsp3) is 0.800. The molecule has 1 saturated heterocycles. The summed E-state index contributed by atoms with van der Waals surface area (Å²) in [6.45, 7) is 3.40. The Kier molecular flexibility index (Phi) is 2.54. The first kappa shape index (κ1) is 10.3. The van der Waals surface area contributed by atoms with E-state index in [-0.39, 0.29) is 6.03 Å². The summed E-state index contributed by atoms with van der Waals surface area (Å²) < 4.78 is 0. The summed E-state index contributed by atoms with van der Waals surface area (Å²) in [5, 5.41) is 8.76. The van der Waals surface area contributed by atoms with Gasteiger partial charge in [0, 0.05) is 25.7 Å². The van der Waals surface area contributed by atoms with Crippen LogP contribution in [0.25, 0.3) is 0 Å². The molecule has 1 saturated carbocycles. The molecule has 0 aromatic rings. The van der Waals surface area contributed by atoms with E-state index in [0.717, 1.165) is 19.4 Å². The Bertz CT molecular complexity index is 288. The van der Waals surface area contributed by atoms with Gasteiger partial charge in [-0.05, 0) is 12.8 Å².